The van der Waals surface area contributed by atoms with Crippen molar-refractivity contribution in [1.82, 2.24) is 0 Å². The fourth-order valence-corrected chi connectivity index (χ4v) is 1.95. The van der Waals surface area contributed by atoms with Gasteiger partial charge in [0.25, 0.3) is 0 Å². The molecule has 0 spiro atoms. The van der Waals surface area contributed by atoms with E-state index in [2.05, 4.69) is 42.4 Å². The van der Waals surface area contributed by atoms with E-state index in [0.29, 0.717) is 0 Å². The molecule has 1 heterocycles. The third-order valence-electron chi connectivity index (χ3n) is 2.95. The van der Waals surface area contributed by atoms with Crippen LogP contribution in [0, 0.1) is 12.3 Å². The highest BCUT2D eigenvalue weighted by Gasteiger charge is 2.08. The van der Waals surface area contributed by atoms with Gasteiger partial charge in [0.1, 0.15) is 0 Å². The lowest BCUT2D eigenvalue weighted by Crippen LogP contribution is -2.00. The molecule has 1 N–H and O–H groups in total. The van der Waals surface area contributed by atoms with Crippen LogP contribution in [0.15, 0.2) is 41.6 Å². The van der Waals surface area contributed by atoms with Gasteiger partial charge in [-0.25, -0.2) is 0 Å². The first-order valence-electron chi connectivity index (χ1n) is 6.09. The average Bonchev–Trinajstić information content (AvgIpc) is 2.55. The molecule has 86 valence electrons. The van der Waals surface area contributed by atoms with E-state index in [4.69, 9.17) is 6.42 Å². The summed E-state index contributed by atoms with van der Waals surface area (Å²) in [5, 5.41) is 3.35. The Morgan fingerprint density at radius 2 is 2.06 bits per heavy atom. The van der Waals surface area contributed by atoms with Gasteiger partial charge in [-0.3, -0.25) is 0 Å². The maximum absolute atomic E-state index is 5.59. The van der Waals surface area contributed by atoms with Crippen molar-refractivity contribution in [1.29, 1.82) is 0 Å². The second kappa shape index (κ2) is 5.41. The lowest BCUT2D eigenvalue weighted by Gasteiger charge is -2.09. The largest absolute Gasteiger partial charge is 0.348 e. The normalized spacial score (nSPS) is 13.6. The number of anilines is 1. The van der Waals surface area contributed by atoms with E-state index < -0.39 is 0 Å². The van der Waals surface area contributed by atoms with Crippen molar-refractivity contribution >= 4 is 11.8 Å². The zero-order valence-electron chi connectivity index (χ0n) is 10.2. The zero-order valence-corrected chi connectivity index (χ0v) is 10.2. The molecule has 1 aliphatic heterocycles. The third-order valence-corrected chi connectivity index (χ3v) is 2.95. The first-order chi connectivity index (χ1) is 8.35. The summed E-state index contributed by atoms with van der Waals surface area (Å²) in [5.74, 6) is 2.76. The SMILES string of the molecule is C#CC1=C(CCCC)C=Cc2ccccc2N1. The highest BCUT2D eigenvalue weighted by atomic mass is 14.9. The summed E-state index contributed by atoms with van der Waals surface area (Å²) in [6.45, 7) is 2.19. The van der Waals surface area contributed by atoms with Gasteiger partial charge in [0.05, 0.1) is 5.70 Å². The van der Waals surface area contributed by atoms with Crippen molar-refractivity contribution < 1.29 is 0 Å². The molecule has 0 fully saturated rings. The van der Waals surface area contributed by atoms with Gasteiger partial charge < -0.3 is 5.32 Å². The number of nitrogens with one attached hydrogen (secondary N) is 1. The Morgan fingerprint density at radius 1 is 1.24 bits per heavy atom. The summed E-state index contributed by atoms with van der Waals surface area (Å²) < 4.78 is 0. The number of terminal acetylenes is 1. The van der Waals surface area contributed by atoms with Gasteiger partial charge in [-0.2, -0.15) is 0 Å². The number of rotatable bonds is 3. The number of hydrogen-bond acceptors (Lipinski definition) is 1. The fraction of sp³-hybridized carbons (Fsp3) is 0.250. The average molecular weight is 223 g/mol. The first-order valence-corrected chi connectivity index (χ1v) is 6.09. The molecule has 1 nitrogen and oxygen atoms in total. The smallest absolute Gasteiger partial charge is 0.0927 e. The monoisotopic (exact) mass is 223 g/mol. The van der Waals surface area contributed by atoms with Gasteiger partial charge in [-0.1, -0.05) is 49.6 Å². The minimum Gasteiger partial charge on any atom is -0.348 e. The fourth-order valence-electron chi connectivity index (χ4n) is 1.95. The van der Waals surface area contributed by atoms with Crippen molar-refractivity contribution in [3.63, 3.8) is 0 Å². The third kappa shape index (κ3) is 2.60. The number of fused-ring (bicyclic) bond motifs is 1. The molecule has 0 unspecified atom stereocenters. The Kier molecular flexibility index (Phi) is 3.67. The van der Waals surface area contributed by atoms with E-state index in [1.165, 1.54) is 24.0 Å². The molecule has 1 aromatic carbocycles. The highest BCUT2D eigenvalue weighted by molar-refractivity contribution is 5.73. The summed E-state index contributed by atoms with van der Waals surface area (Å²) in [4.78, 5) is 0. The minimum absolute atomic E-state index is 0.902. The van der Waals surface area contributed by atoms with E-state index in [-0.39, 0.29) is 0 Å². The molecule has 0 atom stereocenters. The standard InChI is InChI=1S/C16H17N/c1-3-5-8-13-11-12-14-9-6-7-10-16(14)17-15(13)4-2/h2,6-7,9-12,17H,3,5,8H2,1H3. The predicted molar refractivity (Wildman–Crippen MR) is 74.5 cm³/mol. The molecule has 17 heavy (non-hydrogen) atoms. The second-order valence-electron chi connectivity index (χ2n) is 4.19. The maximum atomic E-state index is 5.59. The van der Waals surface area contributed by atoms with Crippen LogP contribution in [0.2, 0.25) is 0 Å². The van der Waals surface area contributed by atoms with Crippen LogP contribution in [0.3, 0.4) is 0 Å². The van der Waals surface area contributed by atoms with Crippen molar-refractivity contribution in [2.45, 2.75) is 26.2 Å². The minimum atomic E-state index is 0.902. The Balaban J connectivity index is 2.34. The lowest BCUT2D eigenvalue weighted by molar-refractivity contribution is 0.795. The highest BCUT2D eigenvalue weighted by Crippen LogP contribution is 2.26. The lowest BCUT2D eigenvalue weighted by atomic mass is 10.1. The summed E-state index contributed by atoms with van der Waals surface area (Å²) in [6.07, 6.45) is 13.3. The number of allylic oxidation sites excluding steroid dienone is 3. The molecule has 0 bridgehead atoms. The van der Waals surface area contributed by atoms with Crippen LogP contribution in [0.1, 0.15) is 31.7 Å². The Morgan fingerprint density at radius 3 is 2.82 bits per heavy atom. The summed E-state index contributed by atoms with van der Waals surface area (Å²) in [5.41, 5.74) is 4.40. The molecule has 0 aliphatic carbocycles. The van der Waals surface area contributed by atoms with Gasteiger partial charge in [0.15, 0.2) is 0 Å². The van der Waals surface area contributed by atoms with E-state index >= 15 is 0 Å². The Hall–Kier alpha value is -1.94. The molecule has 0 saturated carbocycles. The number of unbranched alkanes of at least 4 members (excludes halogenated alkanes) is 1. The molecule has 1 heteroatoms. The topological polar surface area (TPSA) is 12.0 Å². The van der Waals surface area contributed by atoms with E-state index in [0.717, 1.165) is 17.8 Å². The summed E-state index contributed by atoms with van der Waals surface area (Å²) in [7, 11) is 0. The van der Waals surface area contributed by atoms with Crippen molar-refractivity contribution in [2.24, 2.45) is 0 Å². The number of benzene rings is 1. The molecule has 0 amide bonds. The molecule has 1 aromatic rings. The van der Waals surface area contributed by atoms with Gasteiger partial charge in [-0.05, 0) is 30.0 Å². The van der Waals surface area contributed by atoms with Gasteiger partial charge in [0.2, 0.25) is 0 Å². The van der Waals surface area contributed by atoms with Crippen molar-refractivity contribution in [3.05, 3.63) is 47.2 Å². The molecule has 2 rings (SSSR count). The van der Waals surface area contributed by atoms with Crippen LogP contribution >= 0.6 is 0 Å². The quantitative estimate of drug-likeness (QED) is 0.757. The Bertz CT molecular complexity index is 501. The van der Waals surface area contributed by atoms with Crippen LogP contribution in [0.5, 0.6) is 0 Å². The van der Waals surface area contributed by atoms with Crippen LogP contribution in [0.25, 0.3) is 6.08 Å². The summed E-state index contributed by atoms with van der Waals surface area (Å²) >= 11 is 0. The van der Waals surface area contributed by atoms with Gasteiger partial charge in [-0.15, -0.1) is 6.42 Å². The van der Waals surface area contributed by atoms with Crippen LogP contribution < -0.4 is 5.32 Å². The van der Waals surface area contributed by atoms with Crippen molar-refractivity contribution in [3.8, 4) is 12.3 Å². The second-order valence-corrected chi connectivity index (χ2v) is 4.19. The number of hydrogen-bond donors (Lipinski definition) is 1. The van der Waals surface area contributed by atoms with E-state index in [1.54, 1.807) is 0 Å². The molecule has 0 aromatic heterocycles. The molecule has 0 radical (unpaired) electrons. The van der Waals surface area contributed by atoms with Crippen molar-refractivity contribution in [2.75, 3.05) is 5.32 Å². The van der Waals surface area contributed by atoms with Crippen LogP contribution in [-0.2, 0) is 0 Å². The van der Waals surface area contributed by atoms with E-state index in [1.807, 2.05) is 12.1 Å². The molecule has 0 saturated heterocycles. The molecular formula is C16H17N. The molecule has 1 aliphatic rings. The predicted octanol–water partition coefficient (Wildman–Crippen LogP) is 4.20. The van der Waals surface area contributed by atoms with Crippen LogP contribution in [-0.4, -0.2) is 0 Å². The first kappa shape index (κ1) is 11.5. The van der Waals surface area contributed by atoms with E-state index in [9.17, 15) is 0 Å². The Labute approximate surface area is 103 Å². The maximum Gasteiger partial charge on any atom is 0.0927 e. The number of para-hydroxylation sites is 1. The van der Waals surface area contributed by atoms with Gasteiger partial charge >= 0.3 is 0 Å². The zero-order chi connectivity index (χ0) is 12.1. The summed E-state index contributed by atoms with van der Waals surface area (Å²) in [6, 6.07) is 8.21. The van der Waals surface area contributed by atoms with Gasteiger partial charge in [0, 0.05) is 5.69 Å². The molecular weight excluding hydrogens is 206 g/mol. The van der Waals surface area contributed by atoms with Crippen LogP contribution in [0.4, 0.5) is 5.69 Å².